The van der Waals surface area contributed by atoms with Gasteiger partial charge in [-0.1, -0.05) is 24.3 Å². The summed E-state index contributed by atoms with van der Waals surface area (Å²) in [5, 5.41) is 5.90. The summed E-state index contributed by atoms with van der Waals surface area (Å²) in [5.41, 5.74) is 4.33. The molecule has 1 aliphatic heterocycles. The molecule has 0 spiro atoms. The standard InChI is InChI=1S/C29H26N4O3/c1-19-16-20(12-13-24(19)32-14-5-6-15-32)18-30-33-28(31-23-9-4-3-8-21(23)29(33)34)27-17-22-25(35-2)10-7-11-26(22)36-27/h3-4,7-13,16-18H,5-6,14-15H2,1-2H3. The number of anilines is 1. The molecular formula is C29H26N4O3. The van der Waals surface area contributed by atoms with Crippen LogP contribution in [0.5, 0.6) is 5.75 Å². The molecule has 0 aliphatic carbocycles. The minimum atomic E-state index is -0.260. The van der Waals surface area contributed by atoms with E-state index in [1.807, 2.05) is 48.5 Å². The molecule has 5 aromatic rings. The first kappa shape index (κ1) is 22.1. The van der Waals surface area contributed by atoms with E-state index in [-0.39, 0.29) is 5.56 Å². The van der Waals surface area contributed by atoms with Crippen molar-refractivity contribution in [3.8, 4) is 17.3 Å². The largest absolute Gasteiger partial charge is 0.496 e. The van der Waals surface area contributed by atoms with E-state index in [2.05, 4.69) is 29.1 Å². The van der Waals surface area contributed by atoms with Gasteiger partial charge in [0.2, 0.25) is 5.82 Å². The van der Waals surface area contributed by atoms with E-state index in [0.29, 0.717) is 33.8 Å². The van der Waals surface area contributed by atoms with E-state index >= 15 is 0 Å². The fraction of sp³-hybridized carbons (Fsp3) is 0.207. The van der Waals surface area contributed by atoms with Crippen LogP contribution in [0.2, 0.25) is 0 Å². The van der Waals surface area contributed by atoms with Gasteiger partial charge in [0.25, 0.3) is 5.56 Å². The maximum absolute atomic E-state index is 13.5. The zero-order valence-electron chi connectivity index (χ0n) is 20.3. The summed E-state index contributed by atoms with van der Waals surface area (Å²) < 4.78 is 12.9. The molecule has 0 atom stereocenters. The lowest BCUT2D eigenvalue weighted by molar-refractivity contribution is 0.419. The van der Waals surface area contributed by atoms with Crippen molar-refractivity contribution < 1.29 is 9.15 Å². The maximum atomic E-state index is 13.5. The molecule has 0 radical (unpaired) electrons. The number of aromatic nitrogens is 2. The quantitative estimate of drug-likeness (QED) is 0.307. The highest BCUT2D eigenvalue weighted by atomic mass is 16.5. The molecule has 1 aliphatic rings. The van der Waals surface area contributed by atoms with Gasteiger partial charge in [-0.3, -0.25) is 4.79 Å². The Morgan fingerprint density at radius 3 is 2.64 bits per heavy atom. The fourth-order valence-electron chi connectivity index (χ4n) is 4.91. The zero-order valence-corrected chi connectivity index (χ0v) is 20.3. The molecular weight excluding hydrogens is 452 g/mol. The second-order valence-corrected chi connectivity index (χ2v) is 9.04. The van der Waals surface area contributed by atoms with Crippen molar-refractivity contribution in [2.24, 2.45) is 5.10 Å². The second-order valence-electron chi connectivity index (χ2n) is 9.04. The summed E-state index contributed by atoms with van der Waals surface area (Å²) in [6, 6.07) is 21.0. The van der Waals surface area contributed by atoms with Gasteiger partial charge in [-0.25, -0.2) is 4.98 Å². The van der Waals surface area contributed by atoms with E-state index in [4.69, 9.17) is 14.1 Å². The first-order valence-electron chi connectivity index (χ1n) is 12.1. The average molecular weight is 479 g/mol. The van der Waals surface area contributed by atoms with Crippen molar-refractivity contribution in [2.75, 3.05) is 25.1 Å². The summed E-state index contributed by atoms with van der Waals surface area (Å²) in [6.07, 6.45) is 4.17. The normalized spacial score (nSPS) is 13.9. The summed E-state index contributed by atoms with van der Waals surface area (Å²) >= 11 is 0. The number of benzene rings is 3. The topological polar surface area (TPSA) is 72.9 Å². The van der Waals surface area contributed by atoms with Crippen LogP contribution in [0.4, 0.5) is 5.69 Å². The number of furan rings is 1. The maximum Gasteiger partial charge on any atom is 0.282 e. The van der Waals surface area contributed by atoms with Crippen molar-refractivity contribution in [1.82, 2.24) is 9.66 Å². The smallest absolute Gasteiger partial charge is 0.282 e. The molecule has 180 valence electrons. The number of hydrogen-bond acceptors (Lipinski definition) is 6. The Hall–Kier alpha value is -4.39. The number of methoxy groups -OCH3 is 1. The molecule has 7 nitrogen and oxygen atoms in total. The van der Waals surface area contributed by atoms with E-state index in [9.17, 15) is 4.79 Å². The van der Waals surface area contributed by atoms with Gasteiger partial charge in [-0.2, -0.15) is 9.78 Å². The Morgan fingerprint density at radius 1 is 1.00 bits per heavy atom. The molecule has 0 saturated carbocycles. The van der Waals surface area contributed by atoms with Crippen molar-refractivity contribution in [1.29, 1.82) is 0 Å². The predicted molar refractivity (Wildman–Crippen MR) is 143 cm³/mol. The molecule has 0 unspecified atom stereocenters. The molecule has 3 aromatic carbocycles. The predicted octanol–water partition coefficient (Wildman–Crippen LogP) is 5.61. The number of aryl methyl sites for hydroxylation is 1. The van der Waals surface area contributed by atoms with Crippen LogP contribution in [0, 0.1) is 6.92 Å². The zero-order chi connectivity index (χ0) is 24.6. The molecule has 3 heterocycles. The van der Waals surface area contributed by atoms with Crippen LogP contribution in [0.1, 0.15) is 24.0 Å². The van der Waals surface area contributed by atoms with Gasteiger partial charge < -0.3 is 14.1 Å². The van der Waals surface area contributed by atoms with Crippen LogP contribution < -0.4 is 15.2 Å². The summed E-state index contributed by atoms with van der Waals surface area (Å²) in [6.45, 7) is 4.30. The number of hydrogen-bond donors (Lipinski definition) is 0. The van der Waals surface area contributed by atoms with E-state index in [1.165, 1.54) is 28.8 Å². The Kier molecular flexibility index (Phi) is 5.52. The van der Waals surface area contributed by atoms with Crippen LogP contribution in [-0.2, 0) is 0 Å². The fourth-order valence-corrected chi connectivity index (χ4v) is 4.91. The molecule has 0 amide bonds. The number of fused-ring (bicyclic) bond motifs is 2. The molecule has 0 bridgehead atoms. The van der Waals surface area contributed by atoms with Crippen LogP contribution in [0.25, 0.3) is 33.5 Å². The number of nitrogens with zero attached hydrogens (tertiary/aromatic N) is 4. The third-order valence-corrected chi connectivity index (χ3v) is 6.71. The molecule has 1 saturated heterocycles. The van der Waals surface area contributed by atoms with Gasteiger partial charge in [0.15, 0.2) is 5.76 Å². The number of rotatable bonds is 5. The average Bonchev–Trinajstić information content (AvgIpc) is 3.58. The Morgan fingerprint density at radius 2 is 1.83 bits per heavy atom. The van der Waals surface area contributed by atoms with Crippen molar-refractivity contribution in [3.63, 3.8) is 0 Å². The minimum absolute atomic E-state index is 0.260. The van der Waals surface area contributed by atoms with Gasteiger partial charge in [0, 0.05) is 18.8 Å². The lowest BCUT2D eigenvalue weighted by Crippen LogP contribution is -2.20. The lowest BCUT2D eigenvalue weighted by atomic mass is 10.1. The van der Waals surface area contributed by atoms with Gasteiger partial charge in [-0.15, -0.1) is 0 Å². The first-order chi connectivity index (χ1) is 17.6. The van der Waals surface area contributed by atoms with E-state index in [1.54, 1.807) is 19.4 Å². The van der Waals surface area contributed by atoms with Crippen molar-refractivity contribution >= 4 is 33.8 Å². The van der Waals surface area contributed by atoms with Crippen LogP contribution in [-0.4, -0.2) is 36.1 Å². The highest BCUT2D eigenvalue weighted by Gasteiger charge is 2.18. The molecule has 36 heavy (non-hydrogen) atoms. The summed E-state index contributed by atoms with van der Waals surface area (Å²) in [4.78, 5) is 20.7. The van der Waals surface area contributed by atoms with Gasteiger partial charge >= 0.3 is 0 Å². The van der Waals surface area contributed by atoms with Crippen LogP contribution in [0.3, 0.4) is 0 Å². The van der Waals surface area contributed by atoms with Gasteiger partial charge in [-0.05, 0) is 73.4 Å². The number of para-hydroxylation sites is 1. The Labute approximate surface area is 208 Å². The Balaban J connectivity index is 1.47. The van der Waals surface area contributed by atoms with Gasteiger partial charge in [0.05, 0.1) is 29.6 Å². The highest BCUT2D eigenvalue weighted by Crippen LogP contribution is 2.33. The van der Waals surface area contributed by atoms with E-state index < -0.39 is 0 Å². The molecule has 2 aromatic heterocycles. The summed E-state index contributed by atoms with van der Waals surface area (Å²) in [7, 11) is 1.62. The Bertz CT molecular complexity index is 1680. The first-order valence-corrected chi connectivity index (χ1v) is 12.1. The molecule has 6 rings (SSSR count). The molecule has 1 fully saturated rings. The highest BCUT2D eigenvalue weighted by molar-refractivity contribution is 5.88. The number of ether oxygens (including phenoxy) is 1. The molecule has 0 N–H and O–H groups in total. The van der Waals surface area contributed by atoms with Gasteiger partial charge in [0.1, 0.15) is 11.3 Å². The SMILES string of the molecule is COc1cccc2oc(-c3nc4ccccc4c(=O)n3N=Cc3ccc(N4CCCC4)c(C)c3)cc12. The monoisotopic (exact) mass is 478 g/mol. The minimum Gasteiger partial charge on any atom is -0.496 e. The lowest BCUT2D eigenvalue weighted by Gasteiger charge is -2.20. The van der Waals surface area contributed by atoms with Crippen molar-refractivity contribution in [3.05, 3.63) is 88.2 Å². The third kappa shape index (κ3) is 3.82. The third-order valence-electron chi connectivity index (χ3n) is 6.71. The summed E-state index contributed by atoms with van der Waals surface area (Å²) in [5.74, 6) is 1.46. The van der Waals surface area contributed by atoms with Crippen LogP contribution in [0.15, 0.2) is 81.0 Å². The molecule has 7 heteroatoms. The van der Waals surface area contributed by atoms with Crippen LogP contribution >= 0.6 is 0 Å². The van der Waals surface area contributed by atoms with E-state index in [0.717, 1.165) is 24.0 Å². The second kappa shape index (κ2) is 9.00. The van der Waals surface area contributed by atoms with Crippen molar-refractivity contribution in [2.45, 2.75) is 19.8 Å².